The van der Waals surface area contributed by atoms with Gasteiger partial charge in [-0.2, -0.15) is 0 Å². The largest absolute Gasteiger partial charge is 0.472 e. The van der Waals surface area contributed by atoms with Gasteiger partial charge in [-0.15, -0.1) is 5.10 Å². The Kier molecular flexibility index (Phi) is 5.17. The molecular weight excluding hydrogens is 392 g/mol. The van der Waals surface area contributed by atoms with E-state index in [4.69, 9.17) is 4.74 Å². The normalized spacial score (nSPS) is 13.0. The number of pyridine rings is 2. The standard InChI is InChI=1S/C19H18N6O3S/c1-10-5-14(11-6-12(8-20-7-11)16(26)22-13-3-4-13)15(9-21-10)17(27)23-18-24-25-19(28-2)29-18/h5-9,13H,3-4H2,1-2H3,(H,22,26)(H,23,24,27). The van der Waals surface area contributed by atoms with Gasteiger partial charge in [-0.3, -0.25) is 24.9 Å². The van der Waals surface area contributed by atoms with Crippen molar-refractivity contribution in [2.45, 2.75) is 25.8 Å². The van der Waals surface area contributed by atoms with Crippen molar-refractivity contribution in [2.75, 3.05) is 12.4 Å². The molecule has 2 amide bonds. The molecule has 9 nitrogen and oxygen atoms in total. The van der Waals surface area contributed by atoms with Crippen molar-refractivity contribution in [1.29, 1.82) is 0 Å². The van der Waals surface area contributed by atoms with Crippen molar-refractivity contribution in [3.8, 4) is 16.3 Å². The monoisotopic (exact) mass is 410 g/mol. The summed E-state index contributed by atoms with van der Waals surface area (Å²) in [5.74, 6) is -0.557. The Bertz CT molecular complexity index is 1080. The van der Waals surface area contributed by atoms with Crippen molar-refractivity contribution < 1.29 is 14.3 Å². The van der Waals surface area contributed by atoms with Gasteiger partial charge in [0.15, 0.2) is 0 Å². The fourth-order valence-electron chi connectivity index (χ4n) is 2.69. The summed E-state index contributed by atoms with van der Waals surface area (Å²) in [5, 5.41) is 14.0. The van der Waals surface area contributed by atoms with E-state index >= 15 is 0 Å². The molecule has 0 aliphatic heterocycles. The lowest BCUT2D eigenvalue weighted by Crippen LogP contribution is -2.25. The number of methoxy groups -OCH3 is 1. The Labute approximate surface area is 170 Å². The second-order valence-corrected chi connectivity index (χ2v) is 7.55. The SMILES string of the molecule is COc1nnc(NC(=O)c2cnc(C)cc2-c2cncc(C(=O)NC3CC3)c2)s1. The molecular formula is C19H18N6O3S. The molecule has 10 heteroatoms. The van der Waals surface area contributed by atoms with E-state index in [1.165, 1.54) is 19.5 Å². The van der Waals surface area contributed by atoms with Crippen LogP contribution in [-0.4, -0.2) is 45.1 Å². The highest BCUT2D eigenvalue weighted by Crippen LogP contribution is 2.27. The second kappa shape index (κ2) is 7.92. The third kappa shape index (κ3) is 4.37. The van der Waals surface area contributed by atoms with Gasteiger partial charge < -0.3 is 10.1 Å². The lowest BCUT2D eigenvalue weighted by molar-refractivity contribution is 0.0950. The van der Waals surface area contributed by atoms with Gasteiger partial charge in [0.05, 0.1) is 18.2 Å². The molecule has 2 N–H and O–H groups in total. The van der Waals surface area contributed by atoms with Crippen molar-refractivity contribution in [3.63, 3.8) is 0 Å². The highest BCUT2D eigenvalue weighted by molar-refractivity contribution is 7.17. The highest BCUT2D eigenvalue weighted by atomic mass is 32.1. The smallest absolute Gasteiger partial charge is 0.295 e. The summed E-state index contributed by atoms with van der Waals surface area (Å²) in [7, 11) is 1.48. The summed E-state index contributed by atoms with van der Waals surface area (Å²) in [5.41, 5.74) is 2.80. The Morgan fingerprint density at radius 3 is 2.69 bits per heavy atom. The molecule has 1 fully saturated rings. The number of nitrogens with zero attached hydrogens (tertiary/aromatic N) is 4. The number of hydrogen-bond donors (Lipinski definition) is 2. The van der Waals surface area contributed by atoms with E-state index in [2.05, 4.69) is 30.8 Å². The quantitative estimate of drug-likeness (QED) is 0.641. The van der Waals surface area contributed by atoms with E-state index in [9.17, 15) is 9.59 Å². The first-order valence-corrected chi connectivity index (χ1v) is 9.77. The van der Waals surface area contributed by atoms with Gasteiger partial charge >= 0.3 is 0 Å². The summed E-state index contributed by atoms with van der Waals surface area (Å²) in [6, 6.07) is 3.76. The molecule has 3 aromatic rings. The first kappa shape index (κ1) is 18.9. The lowest BCUT2D eigenvalue weighted by atomic mass is 10.0. The Hall–Kier alpha value is -3.40. The Morgan fingerprint density at radius 1 is 1.14 bits per heavy atom. The molecule has 1 aliphatic carbocycles. The molecule has 4 rings (SSSR count). The highest BCUT2D eigenvalue weighted by Gasteiger charge is 2.24. The zero-order chi connectivity index (χ0) is 20.4. The minimum Gasteiger partial charge on any atom is -0.472 e. The number of aromatic nitrogens is 4. The third-order valence-electron chi connectivity index (χ3n) is 4.31. The predicted molar refractivity (Wildman–Crippen MR) is 107 cm³/mol. The zero-order valence-electron chi connectivity index (χ0n) is 15.8. The van der Waals surface area contributed by atoms with Crippen LogP contribution in [0, 0.1) is 6.92 Å². The molecule has 1 aliphatic rings. The first-order valence-electron chi connectivity index (χ1n) is 8.95. The van der Waals surface area contributed by atoms with Crippen LogP contribution < -0.4 is 15.4 Å². The molecule has 0 bridgehead atoms. The lowest BCUT2D eigenvalue weighted by Gasteiger charge is -2.11. The summed E-state index contributed by atoms with van der Waals surface area (Å²) >= 11 is 1.12. The maximum absolute atomic E-state index is 12.8. The van der Waals surface area contributed by atoms with Crippen LogP contribution in [0.4, 0.5) is 5.13 Å². The first-order chi connectivity index (χ1) is 14.0. The number of nitrogens with one attached hydrogen (secondary N) is 2. The van der Waals surface area contributed by atoms with Gasteiger partial charge in [-0.05, 0) is 48.8 Å². The predicted octanol–water partition coefficient (Wildman–Crippen LogP) is 2.46. The Balaban J connectivity index is 1.64. The van der Waals surface area contributed by atoms with E-state index in [0.717, 1.165) is 29.9 Å². The van der Waals surface area contributed by atoms with Crippen LogP contribution in [0.3, 0.4) is 0 Å². The summed E-state index contributed by atoms with van der Waals surface area (Å²) in [4.78, 5) is 33.6. The number of carbonyl (C=O) groups is 2. The molecule has 3 aromatic heterocycles. The fraction of sp³-hybridized carbons (Fsp3) is 0.263. The van der Waals surface area contributed by atoms with Gasteiger partial charge in [0.25, 0.3) is 17.0 Å². The summed E-state index contributed by atoms with van der Waals surface area (Å²) in [6.07, 6.45) is 6.64. The zero-order valence-corrected chi connectivity index (χ0v) is 16.6. The molecule has 3 heterocycles. The van der Waals surface area contributed by atoms with E-state index in [1.807, 2.05) is 6.92 Å². The maximum Gasteiger partial charge on any atom is 0.295 e. The molecule has 1 saturated carbocycles. The van der Waals surface area contributed by atoms with Crippen LogP contribution in [0.15, 0.2) is 30.7 Å². The van der Waals surface area contributed by atoms with E-state index in [1.54, 1.807) is 18.3 Å². The van der Waals surface area contributed by atoms with E-state index < -0.39 is 0 Å². The minimum atomic E-state index is -0.390. The van der Waals surface area contributed by atoms with Crippen LogP contribution in [0.25, 0.3) is 11.1 Å². The summed E-state index contributed by atoms with van der Waals surface area (Å²) < 4.78 is 4.99. The molecule has 0 unspecified atom stereocenters. The average Bonchev–Trinajstić information content (AvgIpc) is 3.43. The molecule has 29 heavy (non-hydrogen) atoms. The molecule has 0 saturated heterocycles. The third-order valence-corrected chi connectivity index (χ3v) is 5.11. The van der Waals surface area contributed by atoms with Crippen LogP contribution in [0.1, 0.15) is 39.3 Å². The van der Waals surface area contributed by atoms with Crippen molar-refractivity contribution in [3.05, 3.63) is 47.5 Å². The summed E-state index contributed by atoms with van der Waals surface area (Å²) in [6.45, 7) is 1.83. The number of hydrogen-bond acceptors (Lipinski definition) is 8. The Morgan fingerprint density at radius 2 is 1.97 bits per heavy atom. The number of ether oxygens (including phenoxy) is 1. The molecule has 0 spiro atoms. The number of carbonyl (C=O) groups excluding carboxylic acids is 2. The maximum atomic E-state index is 12.8. The van der Waals surface area contributed by atoms with Crippen LogP contribution in [0.5, 0.6) is 5.19 Å². The number of rotatable bonds is 6. The van der Waals surface area contributed by atoms with Gasteiger partial charge in [-0.25, -0.2) is 0 Å². The van der Waals surface area contributed by atoms with E-state index in [0.29, 0.717) is 32.6 Å². The molecule has 0 radical (unpaired) electrons. The number of amides is 2. The van der Waals surface area contributed by atoms with Crippen molar-refractivity contribution in [2.24, 2.45) is 0 Å². The van der Waals surface area contributed by atoms with Gasteiger partial charge in [-0.1, -0.05) is 5.10 Å². The number of anilines is 1. The number of aryl methyl sites for hydroxylation is 1. The average molecular weight is 410 g/mol. The van der Waals surface area contributed by atoms with Gasteiger partial charge in [0.2, 0.25) is 5.13 Å². The molecule has 148 valence electrons. The van der Waals surface area contributed by atoms with E-state index in [-0.39, 0.29) is 17.9 Å². The minimum absolute atomic E-state index is 0.167. The van der Waals surface area contributed by atoms with Crippen LogP contribution >= 0.6 is 11.3 Å². The molecule has 0 atom stereocenters. The second-order valence-electron chi connectivity index (χ2n) is 6.61. The molecule has 0 aromatic carbocycles. The van der Waals surface area contributed by atoms with Crippen molar-refractivity contribution in [1.82, 2.24) is 25.5 Å². The van der Waals surface area contributed by atoms with Gasteiger partial charge in [0.1, 0.15) is 0 Å². The van der Waals surface area contributed by atoms with Gasteiger partial charge in [0, 0.05) is 35.9 Å². The van der Waals surface area contributed by atoms with Crippen LogP contribution in [-0.2, 0) is 0 Å². The van der Waals surface area contributed by atoms with Crippen LogP contribution in [0.2, 0.25) is 0 Å². The fourth-order valence-corrected chi connectivity index (χ4v) is 3.25. The van der Waals surface area contributed by atoms with Crippen molar-refractivity contribution >= 4 is 28.3 Å². The topological polar surface area (TPSA) is 119 Å².